The maximum Gasteiger partial charge on any atom is 0.249 e. The first-order valence-electron chi connectivity index (χ1n) is 10.1. The van der Waals surface area contributed by atoms with Crippen molar-refractivity contribution in [2.45, 2.75) is 85.2 Å². The second-order valence-electron chi connectivity index (χ2n) is 8.58. The van der Waals surface area contributed by atoms with Gasteiger partial charge >= 0.3 is 0 Å². The minimum atomic E-state index is -1.13. The molecule has 0 bridgehead atoms. The normalized spacial score (nSPS) is 23.3. The lowest BCUT2D eigenvalue weighted by molar-refractivity contribution is -0.304. The summed E-state index contributed by atoms with van der Waals surface area (Å²) in [6.07, 6.45) is 1.51. The third-order valence-corrected chi connectivity index (χ3v) is 5.00. The number of aliphatic hydroxyl groups is 1. The van der Waals surface area contributed by atoms with E-state index in [4.69, 9.17) is 9.47 Å². The van der Waals surface area contributed by atoms with Crippen molar-refractivity contribution in [3.63, 3.8) is 0 Å². The lowest BCUT2D eigenvalue weighted by Crippen LogP contribution is -2.56. The first-order valence-corrected chi connectivity index (χ1v) is 10.1. The summed E-state index contributed by atoms with van der Waals surface area (Å²) in [7, 11) is 0. The van der Waals surface area contributed by atoms with Crippen LogP contribution in [0.1, 0.15) is 67.2 Å². The number of hydrogen-bond donors (Lipinski definition) is 3. The van der Waals surface area contributed by atoms with Gasteiger partial charge in [0.2, 0.25) is 11.8 Å². The summed E-state index contributed by atoms with van der Waals surface area (Å²) in [5, 5.41) is 15.6. The van der Waals surface area contributed by atoms with Gasteiger partial charge in [0.25, 0.3) is 0 Å². The molecule has 2 amide bonds. The fourth-order valence-electron chi connectivity index (χ4n) is 3.10. The van der Waals surface area contributed by atoms with Gasteiger partial charge in [-0.2, -0.15) is 0 Å². The van der Waals surface area contributed by atoms with Gasteiger partial charge in [0.05, 0.1) is 6.61 Å². The van der Waals surface area contributed by atoms with Gasteiger partial charge in [0.15, 0.2) is 5.79 Å². The molecule has 158 valence electrons. The molecule has 0 aromatic rings. The van der Waals surface area contributed by atoms with Crippen LogP contribution in [0.3, 0.4) is 0 Å². The molecule has 3 atom stereocenters. The summed E-state index contributed by atoms with van der Waals surface area (Å²) >= 11 is 0. The minimum Gasteiger partial charge on any atom is -0.383 e. The Balaban J connectivity index is 2.40. The van der Waals surface area contributed by atoms with Crippen LogP contribution in [0.4, 0.5) is 0 Å². The number of hydrogen-bond acceptors (Lipinski definition) is 5. The summed E-state index contributed by atoms with van der Waals surface area (Å²) in [4.78, 5) is 24.5. The van der Waals surface area contributed by atoms with E-state index < -0.39 is 23.4 Å². The van der Waals surface area contributed by atoms with Crippen molar-refractivity contribution in [3.8, 4) is 0 Å². The predicted octanol–water partition coefficient (Wildman–Crippen LogP) is 1.97. The minimum absolute atomic E-state index is 0.162. The van der Waals surface area contributed by atoms with Crippen molar-refractivity contribution < 1.29 is 24.2 Å². The third kappa shape index (κ3) is 7.76. The number of nitrogens with one attached hydrogen (secondary N) is 2. The van der Waals surface area contributed by atoms with Crippen molar-refractivity contribution in [1.29, 1.82) is 0 Å². The van der Waals surface area contributed by atoms with E-state index in [1.165, 1.54) is 0 Å². The van der Waals surface area contributed by atoms with Crippen LogP contribution in [-0.4, -0.2) is 54.6 Å². The Kier molecular flexibility index (Phi) is 9.18. The fourth-order valence-corrected chi connectivity index (χ4v) is 3.10. The van der Waals surface area contributed by atoms with Crippen molar-refractivity contribution in [3.05, 3.63) is 0 Å². The van der Waals surface area contributed by atoms with Crippen LogP contribution in [0.2, 0.25) is 0 Å². The van der Waals surface area contributed by atoms with E-state index in [0.29, 0.717) is 19.1 Å². The Morgan fingerprint density at radius 1 is 1.15 bits per heavy atom. The number of aliphatic hydroxyl groups excluding tert-OH is 1. The highest BCUT2D eigenvalue weighted by Gasteiger charge is 2.45. The quantitative estimate of drug-likeness (QED) is 0.533. The molecule has 7 heteroatoms. The molecule has 0 radical (unpaired) electrons. The monoisotopic (exact) mass is 386 g/mol. The molecule has 0 aromatic carbocycles. The van der Waals surface area contributed by atoms with Gasteiger partial charge < -0.3 is 25.2 Å². The van der Waals surface area contributed by atoms with Crippen LogP contribution < -0.4 is 10.6 Å². The zero-order chi connectivity index (χ0) is 20.7. The highest BCUT2D eigenvalue weighted by atomic mass is 16.7. The Morgan fingerprint density at radius 3 is 2.41 bits per heavy atom. The van der Waals surface area contributed by atoms with Crippen molar-refractivity contribution in [2.75, 3.05) is 19.7 Å². The molecule has 1 saturated heterocycles. The summed E-state index contributed by atoms with van der Waals surface area (Å²) < 4.78 is 11.4. The van der Waals surface area contributed by atoms with E-state index in [9.17, 15) is 14.7 Å². The van der Waals surface area contributed by atoms with Crippen LogP contribution in [0.15, 0.2) is 0 Å². The van der Waals surface area contributed by atoms with E-state index in [0.717, 1.165) is 19.3 Å². The predicted molar refractivity (Wildman–Crippen MR) is 104 cm³/mol. The van der Waals surface area contributed by atoms with Gasteiger partial charge in [0.1, 0.15) is 12.2 Å². The van der Waals surface area contributed by atoms with Gasteiger partial charge in [-0.1, -0.05) is 40.5 Å². The van der Waals surface area contributed by atoms with Gasteiger partial charge in [0, 0.05) is 18.5 Å². The highest BCUT2D eigenvalue weighted by Crippen LogP contribution is 2.34. The lowest BCUT2D eigenvalue weighted by atomic mass is 9.85. The molecule has 1 rings (SSSR count). The zero-order valence-corrected chi connectivity index (χ0v) is 17.8. The zero-order valence-electron chi connectivity index (χ0n) is 17.8. The largest absolute Gasteiger partial charge is 0.383 e. The van der Waals surface area contributed by atoms with Gasteiger partial charge in [-0.25, -0.2) is 0 Å². The molecule has 1 aliphatic heterocycles. The second-order valence-corrected chi connectivity index (χ2v) is 8.58. The van der Waals surface area contributed by atoms with Crippen LogP contribution in [-0.2, 0) is 19.1 Å². The molecule has 27 heavy (non-hydrogen) atoms. The lowest BCUT2D eigenvalue weighted by Gasteiger charge is -2.44. The first-order chi connectivity index (χ1) is 12.5. The number of ether oxygens (including phenoxy) is 2. The van der Waals surface area contributed by atoms with Crippen LogP contribution in [0.25, 0.3) is 0 Å². The maximum atomic E-state index is 12.5. The smallest absolute Gasteiger partial charge is 0.249 e. The first kappa shape index (κ1) is 23.9. The van der Waals surface area contributed by atoms with Crippen LogP contribution >= 0.6 is 0 Å². The molecule has 0 saturated carbocycles. The molecule has 1 fully saturated rings. The van der Waals surface area contributed by atoms with Gasteiger partial charge in [-0.05, 0) is 32.6 Å². The molecule has 0 spiro atoms. The van der Waals surface area contributed by atoms with Crippen LogP contribution in [0.5, 0.6) is 0 Å². The number of rotatable bonds is 10. The third-order valence-electron chi connectivity index (χ3n) is 5.00. The van der Waals surface area contributed by atoms with E-state index in [2.05, 4.69) is 24.5 Å². The average molecular weight is 387 g/mol. The summed E-state index contributed by atoms with van der Waals surface area (Å²) in [5.41, 5.74) is -0.454. The van der Waals surface area contributed by atoms with E-state index >= 15 is 0 Å². The maximum absolute atomic E-state index is 12.5. The molecular formula is C20H38N2O5. The van der Waals surface area contributed by atoms with Crippen molar-refractivity contribution in [1.82, 2.24) is 10.6 Å². The van der Waals surface area contributed by atoms with E-state index in [1.54, 1.807) is 13.8 Å². The fraction of sp³-hybridized carbons (Fsp3) is 0.900. The Labute approximate surface area is 163 Å². The Bertz CT molecular complexity index is 493. The topological polar surface area (TPSA) is 96.9 Å². The van der Waals surface area contributed by atoms with Gasteiger partial charge in [-0.3, -0.25) is 9.59 Å². The molecule has 3 unspecified atom stereocenters. The molecular weight excluding hydrogens is 348 g/mol. The molecule has 1 aliphatic rings. The molecule has 3 N–H and O–H groups in total. The summed E-state index contributed by atoms with van der Waals surface area (Å²) in [6, 6.07) is 0. The molecule has 0 aliphatic carbocycles. The average Bonchev–Trinajstić information content (AvgIpc) is 2.60. The molecule has 0 aromatic heterocycles. The van der Waals surface area contributed by atoms with Gasteiger partial charge in [-0.15, -0.1) is 0 Å². The molecule has 1 heterocycles. The highest BCUT2D eigenvalue weighted by molar-refractivity contribution is 5.82. The standard InChI is InChI=1S/C20H38N2O5/c1-7-9-14(8-2)12-22-17(24)15(23)10-11-21-18(25)16-19(3,4)13-26-20(5,6)27-16/h14-16,23H,7-13H2,1-6H3,(H,21,25)(H,22,24). The van der Waals surface area contributed by atoms with Crippen molar-refractivity contribution >= 4 is 11.8 Å². The van der Waals surface area contributed by atoms with E-state index in [-0.39, 0.29) is 24.8 Å². The summed E-state index contributed by atoms with van der Waals surface area (Å²) in [5.74, 6) is -1.02. The van der Waals surface area contributed by atoms with Crippen molar-refractivity contribution in [2.24, 2.45) is 11.3 Å². The second kappa shape index (κ2) is 10.4. The summed E-state index contributed by atoms with van der Waals surface area (Å²) in [6.45, 7) is 12.8. The van der Waals surface area contributed by atoms with E-state index in [1.807, 2.05) is 13.8 Å². The molecule has 7 nitrogen and oxygen atoms in total. The van der Waals surface area contributed by atoms with Crippen LogP contribution in [0, 0.1) is 11.3 Å². The Hall–Kier alpha value is -1.18. The number of carbonyl (C=O) groups is 2. The number of carbonyl (C=O) groups excluding carboxylic acids is 2. The Morgan fingerprint density at radius 2 is 1.81 bits per heavy atom. The SMILES string of the molecule is CCCC(CC)CNC(=O)C(O)CCNC(=O)C1OC(C)(C)OCC1(C)C. The number of amides is 2.